The molecular weight excluding hydrogens is 473 g/mol. The van der Waals surface area contributed by atoms with E-state index in [0.717, 1.165) is 36.6 Å². The first kappa shape index (κ1) is 24.2. The van der Waals surface area contributed by atoms with E-state index in [1.165, 1.54) is 15.9 Å². The number of alkyl halides is 3. The molecule has 1 saturated heterocycles. The summed E-state index contributed by atoms with van der Waals surface area (Å²) >= 11 is 0. The van der Waals surface area contributed by atoms with Crippen LogP contribution < -0.4 is 9.64 Å². The van der Waals surface area contributed by atoms with Crippen LogP contribution in [0.1, 0.15) is 15.9 Å². The monoisotopic (exact) mass is 489 g/mol. The zero-order valence-electron chi connectivity index (χ0n) is 17.0. The Morgan fingerprint density at radius 3 is 2.12 bits per heavy atom. The molecule has 176 valence electrons. The van der Waals surface area contributed by atoms with Gasteiger partial charge in [-0.1, -0.05) is 0 Å². The minimum atomic E-state index is -5.11. The summed E-state index contributed by atoms with van der Waals surface area (Å²) in [5.74, 6) is -3.83. The Hall–Kier alpha value is -3.40. The highest BCUT2D eigenvalue weighted by Crippen LogP contribution is 2.30. The first-order valence-corrected chi connectivity index (χ1v) is 11.2. The van der Waals surface area contributed by atoms with Crippen LogP contribution in [0.2, 0.25) is 0 Å². The van der Waals surface area contributed by atoms with Crippen LogP contribution in [0, 0.1) is 23.0 Å². The van der Waals surface area contributed by atoms with Crippen LogP contribution in [0.25, 0.3) is 0 Å². The fraction of sp³-hybridized carbons (Fsp3) is 0.300. The summed E-state index contributed by atoms with van der Waals surface area (Å²) in [5, 5.41) is 8.76. The van der Waals surface area contributed by atoms with Crippen LogP contribution in [-0.4, -0.2) is 58.0 Å². The lowest BCUT2D eigenvalue weighted by atomic mass is 10.1. The molecule has 0 aliphatic carbocycles. The molecule has 0 N–H and O–H groups in total. The summed E-state index contributed by atoms with van der Waals surface area (Å²) in [6.07, 6.45) is -4.26. The number of piperazine rings is 1. The number of hydrogen-bond acceptors (Lipinski definition) is 6. The van der Waals surface area contributed by atoms with E-state index in [9.17, 15) is 35.2 Å². The van der Waals surface area contributed by atoms with E-state index in [2.05, 4.69) is 4.74 Å². The second-order valence-corrected chi connectivity index (χ2v) is 9.17. The van der Waals surface area contributed by atoms with Crippen LogP contribution in [-0.2, 0) is 9.84 Å². The average Bonchev–Trinajstić information content (AvgIpc) is 2.71. The first-order valence-electron chi connectivity index (χ1n) is 9.33. The molecule has 1 aliphatic rings. The van der Waals surface area contributed by atoms with Crippen LogP contribution in [0.4, 0.5) is 27.6 Å². The second-order valence-electron chi connectivity index (χ2n) is 7.15. The summed E-state index contributed by atoms with van der Waals surface area (Å²) < 4.78 is 93.6. The lowest BCUT2D eigenvalue weighted by Gasteiger charge is -2.36. The van der Waals surface area contributed by atoms with Gasteiger partial charge in [-0.15, -0.1) is 13.2 Å². The SMILES string of the molecule is CS(=O)(=O)c1ccc(OC(F)(F)F)c(C(=O)N2CCN(c3cc(F)c(C#N)c(F)c3)CC2)c1. The highest BCUT2D eigenvalue weighted by atomic mass is 32.2. The van der Waals surface area contributed by atoms with Crippen molar-refractivity contribution in [1.29, 1.82) is 5.26 Å². The van der Waals surface area contributed by atoms with Gasteiger partial charge in [-0.05, 0) is 30.3 Å². The maximum atomic E-state index is 13.9. The summed E-state index contributed by atoms with van der Waals surface area (Å²) in [4.78, 5) is 15.3. The molecule has 1 aliphatic heterocycles. The maximum Gasteiger partial charge on any atom is 0.573 e. The van der Waals surface area contributed by atoms with Gasteiger partial charge in [0, 0.05) is 38.1 Å². The number of amides is 1. The van der Waals surface area contributed by atoms with Gasteiger partial charge in [0.1, 0.15) is 29.0 Å². The number of nitrogens with zero attached hydrogens (tertiary/aromatic N) is 3. The number of anilines is 1. The second kappa shape index (κ2) is 8.86. The third kappa shape index (κ3) is 5.51. The summed E-state index contributed by atoms with van der Waals surface area (Å²) in [5.41, 5.74) is -1.18. The molecule has 7 nitrogen and oxygen atoms in total. The number of carbonyl (C=O) groups is 1. The number of ether oxygens (including phenoxy) is 1. The fourth-order valence-corrected chi connectivity index (χ4v) is 3.95. The van der Waals surface area contributed by atoms with Gasteiger partial charge in [-0.2, -0.15) is 5.26 Å². The van der Waals surface area contributed by atoms with Crippen molar-refractivity contribution in [2.75, 3.05) is 37.3 Å². The molecule has 0 bridgehead atoms. The van der Waals surface area contributed by atoms with Crippen molar-refractivity contribution in [1.82, 2.24) is 4.90 Å². The molecule has 0 unspecified atom stereocenters. The Bertz CT molecular complexity index is 1210. The molecule has 0 saturated carbocycles. The number of nitriles is 1. The van der Waals surface area contributed by atoms with Gasteiger partial charge >= 0.3 is 6.36 Å². The van der Waals surface area contributed by atoms with Crippen molar-refractivity contribution >= 4 is 21.4 Å². The number of carbonyl (C=O) groups excluding carboxylic acids is 1. The van der Waals surface area contributed by atoms with E-state index in [-0.39, 0.29) is 36.8 Å². The lowest BCUT2D eigenvalue weighted by Crippen LogP contribution is -2.49. The Morgan fingerprint density at radius 1 is 1.06 bits per heavy atom. The fourth-order valence-electron chi connectivity index (χ4n) is 3.31. The van der Waals surface area contributed by atoms with Gasteiger partial charge in [0.15, 0.2) is 9.84 Å². The molecule has 2 aromatic carbocycles. The van der Waals surface area contributed by atoms with Gasteiger partial charge in [0.05, 0.1) is 10.5 Å². The van der Waals surface area contributed by atoms with E-state index in [4.69, 9.17) is 5.26 Å². The summed E-state index contributed by atoms with van der Waals surface area (Å²) in [7, 11) is -3.82. The predicted octanol–water partition coefficient (Wildman–Crippen LogP) is 3.10. The average molecular weight is 489 g/mol. The lowest BCUT2D eigenvalue weighted by molar-refractivity contribution is -0.274. The van der Waals surface area contributed by atoms with E-state index in [1.807, 2.05) is 0 Å². The number of hydrogen-bond donors (Lipinski definition) is 0. The summed E-state index contributed by atoms with van der Waals surface area (Å²) in [6.45, 7) is 0.1000. The number of rotatable bonds is 4. The third-order valence-electron chi connectivity index (χ3n) is 4.91. The highest BCUT2D eigenvalue weighted by molar-refractivity contribution is 7.90. The minimum Gasteiger partial charge on any atom is -0.405 e. The number of halogens is 5. The molecule has 33 heavy (non-hydrogen) atoms. The largest absolute Gasteiger partial charge is 0.573 e. The zero-order chi connectivity index (χ0) is 24.6. The molecule has 1 amide bonds. The van der Waals surface area contributed by atoms with Crippen LogP contribution >= 0.6 is 0 Å². The van der Waals surface area contributed by atoms with Crippen molar-refractivity contribution in [2.45, 2.75) is 11.3 Å². The van der Waals surface area contributed by atoms with Crippen LogP contribution in [0.3, 0.4) is 0 Å². The molecule has 0 atom stereocenters. The van der Waals surface area contributed by atoms with Crippen molar-refractivity contribution in [2.24, 2.45) is 0 Å². The van der Waals surface area contributed by atoms with Crippen molar-refractivity contribution in [3.8, 4) is 11.8 Å². The molecule has 0 radical (unpaired) electrons. The zero-order valence-corrected chi connectivity index (χ0v) is 17.8. The first-order chi connectivity index (χ1) is 15.3. The molecule has 2 aromatic rings. The quantitative estimate of drug-likeness (QED) is 0.614. The van der Waals surface area contributed by atoms with Crippen LogP contribution in [0.15, 0.2) is 35.2 Å². The molecular formula is C20H16F5N3O4S. The molecule has 0 aromatic heterocycles. The topological polar surface area (TPSA) is 90.7 Å². The number of sulfone groups is 1. The van der Waals surface area contributed by atoms with Gasteiger partial charge in [-0.3, -0.25) is 4.79 Å². The normalized spacial score (nSPS) is 14.7. The van der Waals surface area contributed by atoms with Gasteiger partial charge in [0.25, 0.3) is 5.91 Å². The van der Waals surface area contributed by atoms with Crippen molar-refractivity contribution in [3.05, 3.63) is 53.1 Å². The third-order valence-corrected chi connectivity index (χ3v) is 6.02. The Morgan fingerprint density at radius 2 is 1.64 bits per heavy atom. The van der Waals surface area contributed by atoms with Gasteiger partial charge in [0.2, 0.25) is 0 Å². The smallest absolute Gasteiger partial charge is 0.405 e. The molecule has 0 spiro atoms. The molecule has 1 fully saturated rings. The van der Waals surface area contributed by atoms with Crippen molar-refractivity contribution in [3.63, 3.8) is 0 Å². The summed E-state index contributed by atoms with van der Waals surface area (Å²) in [6, 6.07) is 5.84. The van der Waals surface area contributed by atoms with E-state index in [0.29, 0.717) is 0 Å². The predicted molar refractivity (Wildman–Crippen MR) is 105 cm³/mol. The highest BCUT2D eigenvalue weighted by Gasteiger charge is 2.34. The Kier molecular flexibility index (Phi) is 6.51. The Balaban J connectivity index is 1.84. The van der Waals surface area contributed by atoms with E-state index >= 15 is 0 Å². The van der Waals surface area contributed by atoms with Gasteiger partial charge < -0.3 is 14.5 Å². The van der Waals surface area contributed by atoms with Crippen LogP contribution in [0.5, 0.6) is 5.75 Å². The maximum absolute atomic E-state index is 13.9. The van der Waals surface area contributed by atoms with Crippen molar-refractivity contribution < 1.29 is 39.9 Å². The molecule has 1 heterocycles. The standard InChI is InChI=1S/C20H16F5N3O4S/c1-33(30,31)13-2-3-18(32-20(23,24)25)14(10-13)19(29)28-6-4-27(5-7-28)12-8-16(21)15(11-26)17(22)9-12/h2-3,8-10H,4-7H2,1H3. The Labute approximate surface area is 185 Å². The minimum absolute atomic E-state index is 0.0311. The van der Waals surface area contributed by atoms with E-state index in [1.54, 1.807) is 0 Å². The molecule has 3 rings (SSSR count). The van der Waals surface area contributed by atoms with E-state index < -0.39 is 50.6 Å². The molecule has 13 heteroatoms. The van der Waals surface area contributed by atoms with Gasteiger partial charge in [-0.25, -0.2) is 17.2 Å². The number of benzene rings is 2.